The lowest BCUT2D eigenvalue weighted by atomic mass is 10.1. The zero-order valence-electron chi connectivity index (χ0n) is 10.8. The van der Waals surface area contributed by atoms with Crippen molar-refractivity contribution in [2.45, 2.75) is 6.54 Å². The molecule has 2 heterocycles. The molecule has 1 aromatic rings. The van der Waals surface area contributed by atoms with E-state index in [-0.39, 0.29) is 0 Å². The largest absolute Gasteiger partial charge is 0.486 e. The van der Waals surface area contributed by atoms with Gasteiger partial charge in [0.15, 0.2) is 11.5 Å². The van der Waals surface area contributed by atoms with Gasteiger partial charge < -0.3 is 15.2 Å². The van der Waals surface area contributed by atoms with E-state index in [2.05, 4.69) is 4.90 Å². The molecule has 2 aliphatic heterocycles. The maximum atomic E-state index is 11.3. The summed E-state index contributed by atoms with van der Waals surface area (Å²) >= 11 is 0. The number of rotatable bonds is 2. The van der Waals surface area contributed by atoms with Gasteiger partial charge in [0.25, 0.3) is 0 Å². The van der Waals surface area contributed by atoms with Crippen molar-refractivity contribution in [2.24, 2.45) is 0 Å². The fraction of sp³-hybridized carbons (Fsp3) is 0.538. The first-order valence-electron chi connectivity index (χ1n) is 6.48. The third-order valence-electron chi connectivity index (χ3n) is 3.47. The smallest absolute Gasteiger partial charge is 0.163 e. The molecule has 0 amide bonds. The van der Waals surface area contributed by atoms with E-state index in [0.717, 1.165) is 53.9 Å². The maximum Gasteiger partial charge on any atom is 0.163 e. The highest BCUT2D eigenvalue weighted by atomic mass is 32.2. The lowest BCUT2D eigenvalue weighted by Gasteiger charge is -2.27. The standard InChI is InChI=1S/C13H18N2O3S/c14-11-8-13-12(17-3-4-18-13)7-10(11)9-15-1-5-19(16)6-2-15/h7-8H,1-6,9,14H2. The van der Waals surface area contributed by atoms with Crippen LogP contribution >= 0.6 is 0 Å². The number of hydrogen-bond acceptors (Lipinski definition) is 5. The van der Waals surface area contributed by atoms with Crippen molar-refractivity contribution < 1.29 is 13.7 Å². The molecule has 1 aromatic carbocycles. The molecule has 2 aliphatic rings. The van der Waals surface area contributed by atoms with Crippen molar-refractivity contribution >= 4 is 16.5 Å². The highest BCUT2D eigenvalue weighted by Crippen LogP contribution is 2.34. The maximum absolute atomic E-state index is 11.3. The van der Waals surface area contributed by atoms with Gasteiger partial charge in [0.05, 0.1) is 0 Å². The number of ether oxygens (including phenoxy) is 2. The van der Waals surface area contributed by atoms with E-state index in [1.807, 2.05) is 12.1 Å². The van der Waals surface area contributed by atoms with E-state index in [1.165, 1.54) is 0 Å². The molecule has 0 atom stereocenters. The Morgan fingerprint density at radius 1 is 1.16 bits per heavy atom. The van der Waals surface area contributed by atoms with Crippen molar-refractivity contribution in [3.05, 3.63) is 17.7 Å². The molecule has 1 saturated heterocycles. The molecule has 0 aliphatic carbocycles. The van der Waals surface area contributed by atoms with Crippen molar-refractivity contribution in [1.82, 2.24) is 4.90 Å². The van der Waals surface area contributed by atoms with E-state index < -0.39 is 10.8 Å². The van der Waals surface area contributed by atoms with Crippen LogP contribution < -0.4 is 15.2 Å². The van der Waals surface area contributed by atoms with Gasteiger partial charge in [0, 0.05) is 53.7 Å². The molecular formula is C13H18N2O3S. The lowest BCUT2D eigenvalue weighted by molar-refractivity contribution is 0.171. The van der Waals surface area contributed by atoms with Crippen LogP contribution in [0.3, 0.4) is 0 Å². The number of nitrogens with zero attached hydrogens (tertiary/aromatic N) is 1. The number of nitrogen functional groups attached to an aromatic ring is 1. The number of nitrogens with two attached hydrogens (primary N) is 1. The summed E-state index contributed by atoms with van der Waals surface area (Å²) in [6, 6.07) is 3.81. The van der Waals surface area contributed by atoms with Crippen LogP contribution in [0, 0.1) is 0 Å². The van der Waals surface area contributed by atoms with Gasteiger partial charge in [-0.25, -0.2) is 0 Å². The monoisotopic (exact) mass is 282 g/mol. The zero-order chi connectivity index (χ0) is 13.2. The van der Waals surface area contributed by atoms with Crippen LogP contribution in [0.1, 0.15) is 5.56 Å². The Labute approximate surface area is 115 Å². The summed E-state index contributed by atoms with van der Waals surface area (Å²) in [5.41, 5.74) is 7.85. The molecule has 5 nitrogen and oxygen atoms in total. The second-order valence-corrected chi connectivity index (χ2v) is 6.52. The van der Waals surface area contributed by atoms with E-state index in [9.17, 15) is 4.21 Å². The Bertz CT molecular complexity index is 497. The third kappa shape index (κ3) is 2.84. The van der Waals surface area contributed by atoms with Gasteiger partial charge in [-0.1, -0.05) is 0 Å². The first-order valence-corrected chi connectivity index (χ1v) is 7.96. The quantitative estimate of drug-likeness (QED) is 0.805. The molecule has 0 spiro atoms. The van der Waals surface area contributed by atoms with Gasteiger partial charge in [0.1, 0.15) is 13.2 Å². The fourth-order valence-electron chi connectivity index (χ4n) is 2.36. The summed E-state index contributed by atoms with van der Waals surface area (Å²) < 4.78 is 22.4. The third-order valence-corrected chi connectivity index (χ3v) is 4.74. The second kappa shape index (κ2) is 5.38. The van der Waals surface area contributed by atoms with Gasteiger partial charge in [-0.15, -0.1) is 0 Å². The van der Waals surface area contributed by atoms with Gasteiger partial charge in [-0.05, 0) is 11.6 Å². The molecule has 1 fully saturated rings. The van der Waals surface area contributed by atoms with E-state index in [4.69, 9.17) is 15.2 Å². The van der Waals surface area contributed by atoms with Crippen LogP contribution in [-0.2, 0) is 17.3 Å². The highest BCUT2D eigenvalue weighted by Gasteiger charge is 2.19. The topological polar surface area (TPSA) is 64.8 Å². The minimum Gasteiger partial charge on any atom is -0.486 e. The summed E-state index contributed by atoms with van der Waals surface area (Å²) in [6.07, 6.45) is 0. The highest BCUT2D eigenvalue weighted by molar-refractivity contribution is 7.85. The minimum absolute atomic E-state index is 0.573. The molecular weight excluding hydrogens is 264 g/mol. The normalized spacial score (nSPS) is 20.4. The summed E-state index contributed by atoms with van der Waals surface area (Å²) in [7, 11) is -0.644. The summed E-state index contributed by atoms with van der Waals surface area (Å²) in [5.74, 6) is 3.01. The molecule has 104 valence electrons. The lowest BCUT2D eigenvalue weighted by Crippen LogP contribution is -2.37. The Morgan fingerprint density at radius 2 is 1.79 bits per heavy atom. The first kappa shape index (κ1) is 12.7. The van der Waals surface area contributed by atoms with Crippen molar-refractivity contribution in [1.29, 1.82) is 0 Å². The number of benzene rings is 1. The van der Waals surface area contributed by atoms with Crippen LogP contribution in [0.25, 0.3) is 0 Å². The first-order chi connectivity index (χ1) is 9.22. The van der Waals surface area contributed by atoms with Crippen molar-refractivity contribution in [2.75, 3.05) is 43.5 Å². The van der Waals surface area contributed by atoms with Gasteiger partial charge in [-0.3, -0.25) is 9.11 Å². The number of anilines is 1. The Hall–Kier alpha value is -1.27. The fourth-order valence-corrected chi connectivity index (χ4v) is 3.49. The molecule has 19 heavy (non-hydrogen) atoms. The molecule has 0 aromatic heterocycles. The summed E-state index contributed by atoms with van der Waals surface area (Å²) in [4.78, 5) is 2.28. The number of fused-ring (bicyclic) bond motifs is 1. The molecule has 6 heteroatoms. The second-order valence-electron chi connectivity index (χ2n) is 4.82. The summed E-state index contributed by atoms with van der Waals surface area (Å²) in [6.45, 7) is 3.66. The molecule has 2 N–H and O–H groups in total. The van der Waals surface area contributed by atoms with Crippen LogP contribution in [0.4, 0.5) is 5.69 Å². The van der Waals surface area contributed by atoms with Crippen LogP contribution in [0.2, 0.25) is 0 Å². The average molecular weight is 282 g/mol. The Balaban J connectivity index is 1.75. The van der Waals surface area contributed by atoms with Crippen LogP contribution in [0.15, 0.2) is 12.1 Å². The summed E-state index contributed by atoms with van der Waals surface area (Å²) in [5, 5.41) is 0. The molecule has 3 rings (SSSR count). The van der Waals surface area contributed by atoms with Crippen molar-refractivity contribution in [3.8, 4) is 11.5 Å². The SMILES string of the molecule is Nc1cc2c(cc1CN1CCS(=O)CC1)OCCO2. The van der Waals surface area contributed by atoms with Crippen LogP contribution in [0.5, 0.6) is 11.5 Å². The van der Waals surface area contributed by atoms with E-state index >= 15 is 0 Å². The molecule has 0 unspecified atom stereocenters. The molecule has 0 radical (unpaired) electrons. The predicted molar refractivity (Wildman–Crippen MR) is 75.0 cm³/mol. The van der Waals surface area contributed by atoms with Gasteiger partial charge >= 0.3 is 0 Å². The van der Waals surface area contributed by atoms with Crippen molar-refractivity contribution in [3.63, 3.8) is 0 Å². The number of hydrogen-bond donors (Lipinski definition) is 1. The minimum atomic E-state index is -0.644. The van der Waals surface area contributed by atoms with Gasteiger partial charge in [0.2, 0.25) is 0 Å². The molecule has 0 bridgehead atoms. The van der Waals surface area contributed by atoms with Gasteiger partial charge in [-0.2, -0.15) is 0 Å². The zero-order valence-corrected chi connectivity index (χ0v) is 11.6. The Morgan fingerprint density at radius 3 is 2.47 bits per heavy atom. The molecule has 0 saturated carbocycles. The predicted octanol–water partition coefficient (Wildman–Crippen LogP) is 0.604. The van der Waals surface area contributed by atoms with Crippen LogP contribution in [-0.4, -0.2) is 46.9 Å². The van der Waals surface area contributed by atoms with E-state index in [0.29, 0.717) is 13.2 Å². The average Bonchev–Trinajstić information content (AvgIpc) is 2.42. The van der Waals surface area contributed by atoms with E-state index in [1.54, 1.807) is 0 Å². The Kier molecular flexibility index (Phi) is 3.61.